The van der Waals surface area contributed by atoms with E-state index < -0.39 is 0 Å². The Morgan fingerprint density at radius 1 is 0.711 bits per heavy atom. The van der Waals surface area contributed by atoms with E-state index in [1.807, 2.05) is 0 Å². The average Bonchev–Trinajstić information content (AvgIpc) is 3.15. The summed E-state index contributed by atoms with van der Waals surface area (Å²) in [5.41, 5.74) is 1.99. The zero-order valence-corrected chi connectivity index (χ0v) is 25.7. The number of esters is 2. The Morgan fingerprint density at radius 2 is 1.34 bits per heavy atom. The van der Waals surface area contributed by atoms with Gasteiger partial charge in [0.15, 0.2) is 0 Å². The van der Waals surface area contributed by atoms with E-state index >= 15 is 0 Å². The molecule has 5 aliphatic rings. The van der Waals surface area contributed by atoms with E-state index in [0.29, 0.717) is 29.6 Å². The van der Waals surface area contributed by atoms with E-state index in [-0.39, 0.29) is 45.8 Å². The molecule has 0 heterocycles. The van der Waals surface area contributed by atoms with Crippen molar-refractivity contribution in [2.75, 3.05) is 0 Å². The maximum atomic E-state index is 12.5. The average molecular weight is 527 g/mol. The van der Waals surface area contributed by atoms with Crippen LogP contribution in [0.3, 0.4) is 0 Å². The molecule has 5 aliphatic carbocycles. The van der Waals surface area contributed by atoms with Gasteiger partial charge in [0.2, 0.25) is 0 Å². The van der Waals surface area contributed by atoms with E-state index in [1.165, 1.54) is 57.4 Å². The highest BCUT2D eigenvalue weighted by molar-refractivity contribution is 5.67. The van der Waals surface area contributed by atoms with Gasteiger partial charge in [-0.25, -0.2) is 0 Å². The predicted octanol–water partition coefficient (Wildman–Crippen LogP) is 8.14. The Labute approximate surface area is 232 Å². The molecular formula is C34H54O4. The van der Waals surface area contributed by atoms with Crippen LogP contribution in [0.1, 0.15) is 120 Å². The summed E-state index contributed by atoms with van der Waals surface area (Å²) in [6.07, 6.45) is 10.2. The Hall–Kier alpha value is -1.32. The van der Waals surface area contributed by atoms with Gasteiger partial charge in [0.25, 0.3) is 0 Å². The summed E-state index contributed by atoms with van der Waals surface area (Å²) in [7, 11) is 0. The summed E-state index contributed by atoms with van der Waals surface area (Å²) in [5.74, 6) is 2.48. The first-order valence-electron chi connectivity index (χ1n) is 15.5. The summed E-state index contributed by atoms with van der Waals surface area (Å²) in [4.78, 5) is 24.6. The molecule has 0 aromatic carbocycles. The molecule has 0 aliphatic heterocycles. The molecule has 0 aromatic heterocycles. The number of hydrogen-bond donors (Lipinski definition) is 0. The maximum absolute atomic E-state index is 12.5. The smallest absolute Gasteiger partial charge is 0.302 e. The van der Waals surface area contributed by atoms with Gasteiger partial charge in [-0.15, -0.1) is 0 Å². The predicted molar refractivity (Wildman–Crippen MR) is 151 cm³/mol. The van der Waals surface area contributed by atoms with Crippen LogP contribution in [0.4, 0.5) is 0 Å². The van der Waals surface area contributed by atoms with Crippen molar-refractivity contribution in [2.45, 2.75) is 132 Å². The second-order valence-electron chi connectivity index (χ2n) is 16.0. The van der Waals surface area contributed by atoms with Crippen molar-refractivity contribution >= 4 is 11.9 Å². The molecule has 0 N–H and O–H groups in total. The zero-order chi connectivity index (χ0) is 28.1. The third-order valence-electron chi connectivity index (χ3n) is 14.1. The van der Waals surface area contributed by atoms with Crippen LogP contribution in [0.15, 0.2) is 12.2 Å². The number of ether oxygens (including phenoxy) is 2. The van der Waals surface area contributed by atoms with Gasteiger partial charge in [0.05, 0.1) is 0 Å². The fraction of sp³-hybridized carbons (Fsp3) is 0.882. The Kier molecular flexibility index (Phi) is 6.56. The van der Waals surface area contributed by atoms with Crippen LogP contribution in [-0.2, 0) is 19.1 Å². The van der Waals surface area contributed by atoms with Gasteiger partial charge in [-0.2, -0.15) is 0 Å². The molecule has 5 fully saturated rings. The van der Waals surface area contributed by atoms with Crippen molar-refractivity contribution in [2.24, 2.45) is 56.7 Å². The number of carbonyl (C=O) groups is 2. The number of carbonyl (C=O) groups excluding carboxylic acids is 2. The topological polar surface area (TPSA) is 52.6 Å². The summed E-state index contributed by atoms with van der Waals surface area (Å²) >= 11 is 0. The minimum absolute atomic E-state index is 0.142. The van der Waals surface area contributed by atoms with Crippen molar-refractivity contribution in [1.29, 1.82) is 0 Å². The summed E-state index contributed by atoms with van der Waals surface area (Å²) in [6, 6.07) is 0. The number of allylic oxidation sites excluding steroid dienone is 1. The molecule has 0 spiro atoms. The van der Waals surface area contributed by atoms with E-state index in [0.717, 1.165) is 18.3 Å². The number of fused-ring (bicyclic) bond motifs is 7. The van der Waals surface area contributed by atoms with E-state index in [1.54, 1.807) is 6.92 Å². The molecule has 4 heteroatoms. The van der Waals surface area contributed by atoms with Gasteiger partial charge in [0.1, 0.15) is 12.2 Å². The maximum Gasteiger partial charge on any atom is 0.302 e. The lowest BCUT2D eigenvalue weighted by molar-refractivity contribution is -0.278. The van der Waals surface area contributed by atoms with Crippen molar-refractivity contribution in [3.05, 3.63) is 12.2 Å². The van der Waals surface area contributed by atoms with Crippen LogP contribution in [0.2, 0.25) is 0 Å². The third kappa shape index (κ3) is 3.66. The fourth-order valence-electron chi connectivity index (χ4n) is 12.2. The van der Waals surface area contributed by atoms with Gasteiger partial charge in [-0.1, -0.05) is 53.7 Å². The summed E-state index contributed by atoms with van der Waals surface area (Å²) in [6.45, 7) is 24.7. The Balaban J connectivity index is 1.57. The molecule has 5 saturated carbocycles. The quantitative estimate of drug-likeness (QED) is 0.275. The molecule has 0 bridgehead atoms. The lowest BCUT2D eigenvalue weighted by Crippen LogP contribution is -2.70. The molecule has 0 amide bonds. The Morgan fingerprint density at radius 3 is 1.95 bits per heavy atom. The number of hydrogen-bond acceptors (Lipinski definition) is 4. The second-order valence-corrected chi connectivity index (χ2v) is 16.0. The highest BCUT2D eigenvalue weighted by atomic mass is 16.6. The molecule has 3 unspecified atom stereocenters. The first-order valence-corrected chi connectivity index (χ1v) is 15.5. The van der Waals surface area contributed by atoms with E-state index in [2.05, 4.69) is 55.0 Å². The SMILES string of the molecule is C=C(C)C1CC[C@]2(C)CC[C@]3(C)[C@H](CC[C@@H]4[C@@]5(C)C(OC(C)=O)CC(OC(C)=O)C(C)(C)[C@@H]5CC[C@]43C)[C@@H]12. The molecule has 0 saturated heterocycles. The van der Waals surface area contributed by atoms with Crippen LogP contribution in [0.25, 0.3) is 0 Å². The largest absolute Gasteiger partial charge is 0.462 e. The molecule has 5 rings (SSSR count). The van der Waals surface area contributed by atoms with Crippen molar-refractivity contribution in [3.8, 4) is 0 Å². The molecular weight excluding hydrogens is 472 g/mol. The van der Waals surface area contributed by atoms with Crippen LogP contribution in [0, 0.1) is 56.7 Å². The normalized spacial score (nSPS) is 51.0. The summed E-state index contributed by atoms with van der Waals surface area (Å²) in [5, 5.41) is 0. The first kappa shape index (κ1) is 28.2. The van der Waals surface area contributed by atoms with Gasteiger partial charge in [-0.3, -0.25) is 9.59 Å². The van der Waals surface area contributed by atoms with Gasteiger partial charge >= 0.3 is 11.9 Å². The van der Waals surface area contributed by atoms with Crippen molar-refractivity contribution in [3.63, 3.8) is 0 Å². The van der Waals surface area contributed by atoms with Crippen LogP contribution in [0.5, 0.6) is 0 Å². The molecule has 0 aromatic rings. The highest BCUT2D eigenvalue weighted by Gasteiger charge is 2.72. The van der Waals surface area contributed by atoms with Crippen LogP contribution < -0.4 is 0 Å². The fourth-order valence-corrected chi connectivity index (χ4v) is 12.2. The van der Waals surface area contributed by atoms with Crippen LogP contribution in [-0.4, -0.2) is 24.1 Å². The summed E-state index contributed by atoms with van der Waals surface area (Å²) < 4.78 is 12.2. The lowest BCUT2D eigenvalue weighted by atomic mass is 9.32. The monoisotopic (exact) mass is 526 g/mol. The van der Waals surface area contributed by atoms with Crippen LogP contribution >= 0.6 is 0 Å². The molecule has 38 heavy (non-hydrogen) atoms. The zero-order valence-electron chi connectivity index (χ0n) is 25.7. The third-order valence-corrected chi connectivity index (χ3v) is 14.1. The van der Waals surface area contributed by atoms with Crippen molar-refractivity contribution in [1.82, 2.24) is 0 Å². The first-order chi connectivity index (χ1) is 17.5. The van der Waals surface area contributed by atoms with Crippen molar-refractivity contribution < 1.29 is 19.1 Å². The van der Waals surface area contributed by atoms with Gasteiger partial charge in [-0.05, 0) is 104 Å². The van der Waals surface area contributed by atoms with Gasteiger partial charge in [0, 0.05) is 31.1 Å². The standard InChI is InChI=1S/C34H54O4/c1-20(2)23-13-15-31(7)17-18-32(8)24(29(23)31)11-12-26-33(32,9)16-14-25-30(5,6)27(37-21(3)35)19-28(34(25,26)10)38-22(4)36/h23-29H,1,11-19H2,2-10H3/t23?,24-,25+,26+,27?,28?,29-,31-,32-,33-,34+/m1/s1. The molecule has 214 valence electrons. The Bertz CT molecular complexity index is 1010. The lowest BCUT2D eigenvalue weighted by Gasteiger charge is -2.73. The highest BCUT2D eigenvalue weighted by Crippen LogP contribution is 2.77. The minimum Gasteiger partial charge on any atom is -0.462 e. The second kappa shape index (κ2) is 8.84. The number of rotatable bonds is 3. The van der Waals surface area contributed by atoms with Gasteiger partial charge < -0.3 is 9.47 Å². The minimum atomic E-state index is -0.240. The molecule has 4 nitrogen and oxygen atoms in total. The van der Waals surface area contributed by atoms with E-state index in [9.17, 15) is 9.59 Å². The van der Waals surface area contributed by atoms with E-state index in [4.69, 9.17) is 9.47 Å². The molecule has 0 radical (unpaired) electrons. The molecule has 11 atom stereocenters.